The average molecular weight is 502 g/mol. The van der Waals surface area contributed by atoms with Crippen molar-refractivity contribution in [1.29, 1.82) is 0 Å². The molecule has 0 spiro atoms. The van der Waals surface area contributed by atoms with E-state index in [-0.39, 0.29) is 11.9 Å². The van der Waals surface area contributed by atoms with Crippen LogP contribution in [0.5, 0.6) is 11.5 Å². The van der Waals surface area contributed by atoms with Crippen molar-refractivity contribution in [2.75, 3.05) is 31.3 Å². The summed E-state index contributed by atoms with van der Waals surface area (Å²) >= 11 is 0. The Morgan fingerprint density at radius 3 is 2.49 bits per heavy atom. The summed E-state index contributed by atoms with van der Waals surface area (Å²) in [6, 6.07) is 18.9. The summed E-state index contributed by atoms with van der Waals surface area (Å²) in [4.78, 5) is 22.5. The van der Waals surface area contributed by atoms with E-state index >= 15 is 0 Å². The lowest BCUT2D eigenvalue weighted by Crippen LogP contribution is -2.31. The molecule has 9 nitrogen and oxygen atoms in total. The van der Waals surface area contributed by atoms with E-state index in [0.717, 1.165) is 30.2 Å². The van der Waals surface area contributed by atoms with Gasteiger partial charge in [-0.2, -0.15) is 0 Å². The van der Waals surface area contributed by atoms with Gasteiger partial charge in [-0.05, 0) is 76.5 Å². The van der Waals surface area contributed by atoms with Crippen molar-refractivity contribution in [3.05, 3.63) is 91.0 Å². The number of allylic oxidation sites excluding steroid dienone is 2. The second kappa shape index (κ2) is 14.3. The van der Waals surface area contributed by atoms with Crippen molar-refractivity contribution in [2.24, 2.45) is 5.73 Å². The summed E-state index contributed by atoms with van der Waals surface area (Å²) in [6.45, 7) is 2.80. The van der Waals surface area contributed by atoms with Gasteiger partial charge >= 0.3 is 0 Å². The second-order valence-corrected chi connectivity index (χ2v) is 8.75. The average Bonchev–Trinajstić information content (AvgIpc) is 2.86. The van der Waals surface area contributed by atoms with Gasteiger partial charge in [0.2, 0.25) is 5.91 Å². The zero-order valence-corrected chi connectivity index (χ0v) is 21.5. The predicted molar refractivity (Wildman–Crippen MR) is 149 cm³/mol. The van der Waals surface area contributed by atoms with Gasteiger partial charge in [-0.3, -0.25) is 4.79 Å². The quantitative estimate of drug-likeness (QED) is 0.251. The number of carbonyl (C=O) groups excluding carboxylic acids is 1. The van der Waals surface area contributed by atoms with Gasteiger partial charge in [0.05, 0.1) is 0 Å². The summed E-state index contributed by atoms with van der Waals surface area (Å²) in [5.41, 5.74) is 6.94. The minimum Gasteiger partial charge on any atom is -0.457 e. The summed E-state index contributed by atoms with van der Waals surface area (Å²) in [5, 5.41) is 9.24. The molecule has 0 aliphatic heterocycles. The fraction of sp³-hybridized carbons (Fsp3) is 0.250. The van der Waals surface area contributed by atoms with E-state index in [9.17, 15) is 4.79 Å². The highest BCUT2D eigenvalue weighted by Crippen LogP contribution is 2.24. The van der Waals surface area contributed by atoms with E-state index in [2.05, 4.69) is 30.8 Å². The van der Waals surface area contributed by atoms with Gasteiger partial charge in [0.15, 0.2) is 0 Å². The highest BCUT2D eigenvalue weighted by molar-refractivity contribution is 5.76. The molecular weight excluding hydrogens is 466 g/mol. The molecular formula is C28H35N7O2. The number of aromatic nitrogens is 2. The standard InChI is InChI=1S/C28H35N7O2/c1-21(32-28(36)13-8-18-35(2)3)9-7-12-25(29)34-27-19-26(30-20-31-27)33-22-14-16-24(17-15-22)37-23-10-5-4-6-11-23/h4-7,9-12,14-17,19-21H,8,13,18,29H2,1-3H3,(H,32,36)(H2,30,31,33,34)/b9-7-,25-12+. The van der Waals surface area contributed by atoms with Crippen LogP contribution in [0.3, 0.4) is 0 Å². The van der Waals surface area contributed by atoms with Gasteiger partial charge in [-0.25, -0.2) is 9.97 Å². The van der Waals surface area contributed by atoms with Crippen molar-refractivity contribution in [3.8, 4) is 11.5 Å². The van der Waals surface area contributed by atoms with Crippen molar-refractivity contribution < 1.29 is 9.53 Å². The second-order valence-electron chi connectivity index (χ2n) is 8.75. The van der Waals surface area contributed by atoms with Crippen LogP contribution in [-0.4, -0.2) is 47.5 Å². The molecule has 1 amide bonds. The third-order valence-corrected chi connectivity index (χ3v) is 5.12. The van der Waals surface area contributed by atoms with Crippen LogP contribution in [0.15, 0.2) is 91.0 Å². The SMILES string of the molecule is CC(/C=C\C=C(/N)Nc1cc(Nc2ccc(Oc3ccccc3)cc2)ncn1)NC(=O)CCCN(C)C. The molecule has 5 N–H and O–H groups in total. The molecule has 3 aromatic rings. The number of rotatable bonds is 13. The van der Waals surface area contributed by atoms with E-state index < -0.39 is 0 Å². The van der Waals surface area contributed by atoms with Crippen LogP contribution in [-0.2, 0) is 4.79 Å². The van der Waals surface area contributed by atoms with Crippen LogP contribution < -0.4 is 26.4 Å². The van der Waals surface area contributed by atoms with Gasteiger partial charge < -0.3 is 31.3 Å². The Morgan fingerprint density at radius 1 is 1.05 bits per heavy atom. The lowest BCUT2D eigenvalue weighted by Gasteiger charge is -2.11. The molecule has 194 valence electrons. The first-order valence-electron chi connectivity index (χ1n) is 12.1. The molecule has 3 rings (SSSR count). The first kappa shape index (κ1) is 27.2. The predicted octanol–water partition coefficient (Wildman–Crippen LogP) is 4.63. The number of hydrogen-bond donors (Lipinski definition) is 4. The fourth-order valence-electron chi connectivity index (χ4n) is 3.32. The number of ether oxygens (including phenoxy) is 1. The van der Waals surface area contributed by atoms with Crippen LogP contribution in [0, 0.1) is 0 Å². The minimum atomic E-state index is -0.102. The number of hydrogen-bond acceptors (Lipinski definition) is 8. The molecule has 0 aliphatic carbocycles. The summed E-state index contributed by atoms with van der Waals surface area (Å²) in [6.07, 6.45) is 8.17. The fourth-order valence-corrected chi connectivity index (χ4v) is 3.32. The van der Waals surface area contributed by atoms with E-state index in [4.69, 9.17) is 10.5 Å². The van der Waals surface area contributed by atoms with Crippen LogP contribution in [0.2, 0.25) is 0 Å². The van der Waals surface area contributed by atoms with Crippen molar-refractivity contribution in [2.45, 2.75) is 25.8 Å². The smallest absolute Gasteiger partial charge is 0.220 e. The first-order valence-corrected chi connectivity index (χ1v) is 12.1. The van der Waals surface area contributed by atoms with Crippen LogP contribution in [0.25, 0.3) is 0 Å². The highest BCUT2D eigenvalue weighted by atomic mass is 16.5. The minimum absolute atomic E-state index is 0.0356. The third-order valence-electron chi connectivity index (χ3n) is 5.12. The number of nitrogens with two attached hydrogens (primary N) is 1. The van der Waals surface area contributed by atoms with Crippen LogP contribution in [0.1, 0.15) is 19.8 Å². The maximum absolute atomic E-state index is 12.0. The monoisotopic (exact) mass is 501 g/mol. The summed E-state index contributed by atoms with van der Waals surface area (Å²) in [7, 11) is 3.99. The largest absolute Gasteiger partial charge is 0.457 e. The molecule has 1 unspecified atom stereocenters. The lowest BCUT2D eigenvalue weighted by atomic mass is 10.2. The number of nitrogens with zero attached hydrogens (tertiary/aromatic N) is 3. The van der Waals surface area contributed by atoms with Gasteiger partial charge in [0, 0.05) is 24.2 Å². The molecule has 1 atom stereocenters. The van der Waals surface area contributed by atoms with Crippen LogP contribution >= 0.6 is 0 Å². The van der Waals surface area contributed by atoms with Crippen molar-refractivity contribution >= 4 is 23.2 Å². The molecule has 37 heavy (non-hydrogen) atoms. The maximum atomic E-state index is 12.0. The van der Waals surface area contributed by atoms with Gasteiger partial charge in [0.25, 0.3) is 0 Å². The molecule has 0 bridgehead atoms. The number of benzene rings is 2. The Balaban J connectivity index is 1.48. The number of nitrogens with one attached hydrogen (secondary N) is 3. The van der Waals surface area contributed by atoms with Gasteiger partial charge in [0.1, 0.15) is 35.3 Å². The highest BCUT2D eigenvalue weighted by Gasteiger charge is 2.05. The molecule has 0 saturated heterocycles. The lowest BCUT2D eigenvalue weighted by molar-refractivity contribution is -0.121. The number of anilines is 3. The molecule has 1 aromatic heterocycles. The maximum Gasteiger partial charge on any atom is 0.220 e. The first-order chi connectivity index (χ1) is 17.9. The molecule has 0 saturated carbocycles. The molecule has 1 heterocycles. The molecule has 2 aromatic carbocycles. The van der Waals surface area contributed by atoms with E-state index in [1.165, 1.54) is 6.33 Å². The van der Waals surface area contributed by atoms with Gasteiger partial charge in [-0.1, -0.05) is 30.4 Å². The zero-order valence-electron chi connectivity index (χ0n) is 21.5. The Bertz CT molecular complexity index is 1180. The third kappa shape index (κ3) is 10.4. The summed E-state index contributed by atoms with van der Waals surface area (Å²) in [5.74, 6) is 3.13. The Morgan fingerprint density at radius 2 is 1.76 bits per heavy atom. The molecule has 0 fully saturated rings. The van der Waals surface area contributed by atoms with E-state index in [0.29, 0.717) is 23.9 Å². The topological polar surface area (TPSA) is 117 Å². The van der Waals surface area contributed by atoms with Gasteiger partial charge in [-0.15, -0.1) is 0 Å². The Hall–Kier alpha value is -4.37. The van der Waals surface area contributed by atoms with Crippen molar-refractivity contribution in [1.82, 2.24) is 20.2 Å². The van der Waals surface area contributed by atoms with Crippen LogP contribution in [0.4, 0.5) is 17.3 Å². The normalized spacial score (nSPS) is 12.4. The Kier molecular flexibility index (Phi) is 10.5. The Labute approximate surface area is 218 Å². The number of para-hydroxylation sites is 1. The molecule has 0 aliphatic rings. The molecule has 9 heteroatoms. The van der Waals surface area contributed by atoms with E-state index in [1.807, 2.05) is 81.7 Å². The van der Waals surface area contributed by atoms with E-state index in [1.54, 1.807) is 18.2 Å². The number of carbonyl (C=O) groups is 1. The summed E-state index contributed by atoms with van der Waals surface area (Å²) < 4.78 is 5.82. The zero-order chi connectivity index (χ0) is 26.5. The number of amides is 1. The van der Waals surface area contributed by atoms with Crippen molar-refractivity contribution in [3.63, 3.8) is 0 Å². The molecule has 0 radical (unpaired) electrons.